The van der Waals surface area contributed by atoms with Crippen molar-refractivity contribution in [3.8, 4) is 11.3 Å². The van der Waals surface area contributed by atoms with Crippen LogP contribution in [0.15, 0.2) is 91.2 Å². The van der Waals surface area contributed by atoms with Crippen LogP contribution in [-0.2, 0) is 34.8 Å². The maximum Gasteiger partial charge on any atom is 0.259 e. The van der Waals surface area contributed by atoms with E-state index in [0.717, 1.165) is 39.1 Å². The number of aromatic nitrogens is 5. The van der Waals surface area contributed by atoms with Crippen LogP contribution in [-0.4, -0.2) is 73.9 Å². The highest BCUT2D eigenvalue weighted by Gasteiger charge is 2.24. The summed E-state index contributed by atoms with van der Waals surface area (Å²) in [6, 6.07) is 16.5. The number of rotatable bonds is 7. The van der Waals surface area contributed by atoms with Crippen LogP contribution in [0.3, 0.4) is 0 Å². The summed E-state index contributed by atoms with van der Waals surface area (Å²) in [7, 11) is 3.93. The lowest BCUT2D eigenvalue weighted by Crippen LogP contribution is -2.38. The second-order valence-electron chi connectivity index (χ2n) is 11.8. The van der Waals surface area contributed by atoms with Gasteiger partial charge in [-0.25, -0.2) is 4.98 Å². The van der Waals surface area contributed by atoms with Gasteiger partial charge in [0.05, 0.1) is 30.1 Å². The Labute approximate surface area is 272 Å². The number of allylic oxidation sites excluding steroid dienone is 2. The van der Waals surface area contributed by atoms with Crippen LogP contribution < -0.4 is 10.2 Å². The summed E-state index contributed by atoms with van der Waals surface area (Å²) >= 11 is 0. The van der Waals surface area contributed by atoms with Crippen molar-refractivity contribution in [1.82, 2.24) is 29.2 Å². The highest BCUT2D eigenvalue weighted by molar-refractivity contribution is 6.06. The first-order chi connectivity index (χ1) is 22.8. The van der Waals surface area contributed by atoms with E-state index in [1.807, 2.05) is 37.0 Å². The number of anilines is 3. The second-order valence-corrected chi connectivity index (χ2v) is 11.8. The molecule has 5 aromatic rings. The molecule has 3 aromatic heterocycles. The Morgan fingerprint density at radius 2 is 1.81 bits per heavy atom. The third-order valence-electron chi connectivity index (χ3n) is 8.62. The number of aryl methyl sites for hydroxylation is 2. The predicted molar refractivity (Wildman–Crippen MR) is 183 cm³/mol. The van der Waals surface area contributed by atoms with E-state index in [9.17, 15) is 9.59 Å². The molecule has 2 aliphatic rings. The number of imide groups is 1. The largest absolute Gasteiger partial charge is 0.378 e. The average Bonchev–Trinajstić information content (AvgIpc) is 3.63. The minimum atomic E-state index is -0.384. The number of hydrogen-bond donors (Lipinski definition) is 1. The minimum absolute atomic E-state index is 0.151. The number of fused-ring (bicyclic) bond motifs is 2. The molecule has 0 saturated carbocycles. The van der Waals surface area contributed by atoms with Crippen molar-refractivity contribution in [1.29, 1.82) is 0 Å². The Morgan fingerprint density at radius 3 is 2.66 bits per heavy atom. The van der Waals surface area contributed by atoms with E-state index in [1.165, 1.54) is 10.3 Å². The molecular weight excluding hydrogens is 592 g/mol. The zero-order valence-corrected chi connectivity index (χ0v) is 26.5. The summed E-state index contributed by atoms with van der Waals surface area (Å²) in [6.07, 6.45) is 9.48. The first-order valence-electron chi connectivity index (χ1n) is 15.7. The Hall–Kier alpha value is -5.55. The van der Waals surface area contributed by atoms with Gasteiger partial charge >= 0.3 is 0 Å². The van der Waals surface area contributed by atoms with E-state index in [0.29, 0.717) is 44.5 Å². The predicted octanol–water partition coefficient (Wildman–Crippen LogP) is 5.07. The number of nitrogens with one attached hydrogen (secondary N) is 1. The highest BCUT2D eigenvalue weighted by Crippen LogP contribution is 2.30. The minimum Gasteiger partial charge on any atom is -0.378 e. The van der Waals surface area contributed by atoms with Gasteiger partial charge in [-0.2, -0.15) is 10.1 Å². The number of nitrogens with zero attached hydrogens (tertiary/aromatic N) is 7. The van der Waals surface area contributed by atoms with E-state index in [2.05, 4.69) is 57.9 Å². The molecule has 1 fully saturated rings. The number of morpholine rings is 1. The molecule has 1 saturated heterocycles. The quantitative estimate of drug-likeness (QED) is 0.197. The van der Waals surface area contributed by atoms with E-state index < -0.39 is 0 Å². The summed E-state index contributed by atoms with van der Waals surface area (Å²) in [4.78, 5) is 39.1. The average molecular weight is 629 g/mol. The fourth-order valence-electron chi connectivity index (χ4n) is 6.05. The monoisotopic (exact) mass is 628 g/mol. The van der Waals surface area contributed by atoms with Gasteiger partial charge in [-0.1, -0.05) is 49.1 Å². The molecular formula is C36H36N8O3. The van der Waals surface area contributed by atoms with E-state index in [1.54, 1.807) is 24.3 Å². The Balaban J connectivity index is 1.19. The van der Waals surface area contributed by atoms with Crippen molar-refractivity contribution in [2.45, 2.75) is 12.8 Å². The summed E-state index contributed by atoms with van der Waals surface area (Å²) in [5, 5.41) is 10.4. The first-order valence-corrected chi connectivity index (χ1v) is 15.7. The maximum absolute atomic E-state index is 13.0. The lowest BCUT2D eigenvalue weighted by Gasteiger charge is -2.27. The maximum atomic E-state index is 13.0. The molecule has 0 atom stereocenters. The van der Waals surface area contributed by atoms with Crippen molar-refractivity contribution in [3.05, 3.63) is 96.9 Å². The van der Waals surface area contributed by atoms with Crippen molar-refractivity contribution in [2.24, 2.45) is 14.1 Å². The molecule has 0 radical (unpaired) electrons. The Bertz CT molecular complexity index is 2080. The number of carbonyl (C=O) groups excluding carboxylic acids is 2. The molecule has 0 aliphatic carbocycles. The lowest BCUT2D eigenvalue weighted by atomic mass is 10.1. The molecule has 2 aromatic carbocycles. The van der Waals surface area contributed by atoms with Gasteiger partial charge in [0.2, 0.25) is 11.9 Å². The van der Waals surface area contributed by atoms with Gasteiger partial charge < -0.3 is 19.5 Å². The highest BCUT2D eigenvalue weighted by atomic mass is 16.5. The number of carbonyl (C=O) groups is 2. The molecule has 5 heterocycles. The van der Waals surface area contributed by atoms with Crippen LogP contribution in [0, 0.1) is 0 Å². The number of hydrogen-bond acceptors (Lipinski definition) is 8. The third-order valence-corrected chi connectivity index (χ3v) is 8.62. The van der Waals surface area contributed by atoms with E-state index >= 15 is 0 Å². The van der Waals surface area contributed by atoms with E-state index in [-0.39, 0.29) is 30.4 Å². The smallest absolute Gasteiger partial charge is 0.259 e. The standard InChI is InChI=1S/C36H36N8O3/c1-24-7-5-4-6-8-34(45)44(35(24)46)16-14-29-28-12-10-26(21-32(28)42(3)40-29)30-23-33(39-36(38-30)43-17-19-47-20-18-43)37-27-11-9-25-13-15-41(2)31(25)22-27/h4-7,9-13,15,21-23H,1,8,14,16-20H2,2-3H3,(H,37,38,39)/b6-4-,7-5-. The SMILES string of the molecule is C=C1/C=C\C=C/CC(=O)N(CCc2nn(C)c3cc(-c4cc(Nc5ccc6ccn(C)c6c5)nc(N5CCOCC5)n4)ccc23)C1=O. The summed E-state index contributed by atoms with van der Waals surface area (Å²) < 4.78 is 9.52. The van der Waals surface area contributed by atoms with Crippen molar-refractivity contribution in [3.63, 3.8) is 0 Å². The number of ether oxygens (including phenoxy) is 1. The molecule has 2 aliphatic heterocycles. The molecule has 1 N–H and O–H groups in total. The normalized spacial score (nSPS) is 17.2. The van der Waals surface area contributed by atoms with Gasteiger partial charge in [0.1, 0.15) is 5.82 Å². The summed E-state index contributed by atoms with van der Waals surface area (Å²) in [6.45, 7) is 6.73. The topological polar surface area (TPSA) is 110 Å². The number of amides is 2. The van der Waals surface area contributed by atoms with Crippen LogP contribution in [0.4, 0.5) is 17.5 Å². The molecule has 238 valence electrons. The van der Waals surface area contributed by atoms with Gasteiger partial charge in [-0.05, 0) is 29.7 Å². The van der Waals surface area contributed by atoms with Crippen LogP contribution >= 0.6 is 0 Å². The van der Waals surface area contributed by atoms with Crippen molar-refractivity contribution in [2.75, 3.05) is 43.1 Å². The fraction of sp³-hybridized carbons (Fsp3) is 0.250. The Kier molecular flexibility index (Phi) is 8.13. The van der Waals surface area contributed by atoms with Gasteiger partial charge in [0.25, 0.3) is 5.91 Å². The second kappa shape index (κ2) is 12.7. The van der Waals surface area contributed by atoms with Crippen molar-refractivity contribution < 1.29 is 14.3 Å². The van der Waals surface area contributed by atoms with Gasteiger partial charge in [0, 0.05) is 86.6 Å². The Morgan fingerprint density at radius 1 is 0.957 bits per heavy atom. The van der Waals surface area contributed by atoms with Gasteiger partial charge in [-0.15, -0.1) is 0 Å². The molecule has 47 heavy (non-hydrogen) atoms. The molecule has 11 heteroatoms. The lowest BCUT2D eigenvalue weighted by molar-refractivity contribution is -0.141. The van der Waals surface area contributed by atoms with E-state index in [4.69, 9.17) is 19.8 Å². The molecule has 0 unspecified atom stereocenters. The molecule has 7 rings (SSSR count). The van der Waals surface area contributed by atoms with Crippen LogP contribution in [0.25, 0.3) is 33.1 Å². The fourth-order valence-corrected chi connectivity index (χ4v) is 6.05. The molecule has 0 spiro atoms. The molecule has 0 bridgehead atoms. The van der Waals surface area contributed by atoms with Crippen LogP contribution in [0.2, 0.25) is 0 Å². The van der Waals surface area contributed by atoms with Crippen LogP contribution in [0.5, 0.6) is 0 Å². The van der Waals surface area contributed by atoms with Gasteiger partial charge in [-0.3, -0.25) is 19.2 Å². The van der Waals surface area contributed by atoms with Gasteiger partial charge in [0.15, 0.2) is 0 Å². The number of benzene rings is 2. The summed E-state index contributed by atoms with van der Waals surface area (Å²) in [5.74, 6) is 0.695. The first kappa shape index (κ1) is 30.1. The summed E-state index contributed by atoms with van der Waals surface area (Å²) in [5.41, 5.74) is 5.77. The van der Waals surface area contributed by atoms with Crippen LogP contribution in [0.1, 0.15) is 12.1 Å². The zero-order valence-electron chi connectivity index (χ0n) is 26.5. The third kappa shape index (κ3) is 6.17. The van der Waals surface area contributed by atoms with Crippen molar-refractivity contribution >= 4 is 51.1 Å². The molecule has 11 nitrogen and oxygen atoms in total. The zero-order chi connectivity index (χ0) is 32.5. The molecule has 2 amide bonds.